The molecule has 10 heteroatoms. The summed E-state index contributed by atoms with van der Waals surface area (Å²) in [6.45, 7) is 2.58. The Morgan fingerprint density at radius 1 is 0.846 bits per heavy atom. The Morgan fingerprint density at radius 3 is 1.87 bits per heavy atom. The summed E-state index contributed by atoms with van der Waals surface area (Å²) in [6.07, 6.45) is 0. The van der Waals surface area contributed by atoms with Gasteiger partial charge in [0, 0.05) is 22.5 Å². The first-order valence-electron chi connectivity index (χ1n) is 12.4. The van der Waals surface area contributed by atoms with Gasteiger partial charge in [0.05, 0.1) is 13.1 Å². The maximum absolute atomic E-state index is 14.4. The molecule has 3 rings (SSSR count). The van der Waals surface area contributed by atoms with Crippen molar-refractivity contribution in [2.45, 2.75) is 19.9 Å². The highest BCUT2D eigenvalue weighted by Gasteiger charge is 2.40. The summed E-state index contributed by atoms with van der Waals surface area (Å²) in [6, 6.07) is 22.5. The van der Waals surface area contributed by atoms with Crippen molar-refractivity contribution >= 4 is 40.8 Å². The van der Waals surface area contributed by atoms with Crippen LogP contribution in [-0.2, 0) is 14.4 Å². The maximum atomic E-state index is 14.4. The van der Waals surface area contributed by atoms with Gasteiger partial charge in [-0.25, -0.2) is 0 Å². The minimum atomic E-state index is -1.25. The number of nitrogens with two attached hydrogens (primary N) is 2. The zero-order chi connectivity index (χ0) is 28.5. The van der Waals surface area contributed by atoms with Crippen molar-refractivity contribution in [3.8, 4) is 0 Å². The van der Waals surface area contributed by atoms with Gasteiger partial charge in [-0.1, -0.05) is 62.4 Å². The van der Waals surface area contributed by atoms with E-state index in [4.69, 9.17) is 16.9 Å². The van der Waals surface area contributed by atoms with Crippen LogP contribution in [0.4, 0.5) is 11.4 Å². The van der Waals surface area contributed by atoms with Crippen LogP contribution in [0.25, 0.3) is 0 Å². The van der Waals surface area contributed by atoms with Gasteiger partial charge in [-0.15, -0.1) is 0 Å². The number of carbonyl (C=O) groups is 4. The number of nitrogens with zero attached hydrogens (tertiary/aromatic N) is 2. The average Bonchev–Trinajstić information content (AvgIpc) is 2.95. The highest BCUT2D eigenvalue weighted by atomic mass is 16.2. The molecule has 0 aliphatic rings. The Bertz CT molecular complexity index is 1300. The van der Waals surface area contributed by atoms with Gasteiger partial charge in [0.15, 0.2) is 0 Å². The number of benzene rings is 3. The van der Waals surface area contributed by atoms with E-state index in [-0.39, 0.29) is 23.5 Å². The second kappa shape index (κ2) is 13.1. The molecule has 0 heterocycles. The fourth-order valence-corrected chi connectivity index (χ4v) is 4.07. The van der Waals surface area contributed by atoms with Crippen molar-refractivity contribution < 1.29 is 19.2 Å². The largest absolute Gasteiger partial charge is 0.384 e. The van der Waals surface area contributed by atoms with Crippen LogP contribution >= 0.6 is 0 Å². The molecule has 1 atom stereocenters. The summed E-state index contributed by atoms with van der Waals surface area (Å²) in [5, 5.41) is 10.1. The number of amidine groups is 1. The first kappa shape index (κ1) is 28.7. The van der Waals surface area contributed by atoms with Crippen molar-refractivity contribution in [1.29, 1.82) is 5.41 Å². The lowest BCUT2D eigenvalue weighted by Crippen LogP contribution is -2.57. The molecule has 0 aliphatic carbocycles. The van der Waals surface area contributed by atoms with Gasteiger partial charge >= 0.3 is 0 Å². The van der Waals surface area contributed by atoms with Crippen molar-refractivity contribution in [2.24, 2.45) is 17.4 Å². The molecule has 10 nitrogen and oxygen atoms in total. The smallest absolute Gasteiger partial charge is 0.261 e. The standard InChI is InChI=1S/C29H32N6O4/c1-19(2)26(29(39)34(22-12-5-3-6-13-22)23-14-7-4-8-15-23)35(25(37)18-33-24(36)17-30)28(38)21-11-9-10-20(16-21)27(31)32/h3-16,19,26H,17-18,30H2,1-2H3,(H3,31,32)(H,33,36)/t26-/m0/s1. The molecule has 0 aromatic heterocycles. The predicted molar refractivity (Wildman–Crippen MR) is 149 cm³/mol. The number of hydrogen-bond donors (Lipinski definition) is 4. The number of carbonyl (C=O) groups excluding carboxylic acids is 4. The van der Waals surface area contributed by atoms with E-state index in [9.17, 15) is 19.2 Å². The summed E-state index contributed by atoms with van der Waals surface area (Å²) in [5.41, 5.74) is 12.4. The number of amides is 4. The molecular formula is C29H32N6O4. The SMILES string of the molecule is CC(C)[C@@H](C(=O)N(c1ccccc1)c1ccccc1)N(C(=O)CNC(=O)CN)C(=O)c1cccc(C(=N)N)c1. The molecule has 4 amide bonds. The van der Waals surface area contributed by atoms with Crippen molar-refractivity contribution in [3.05, 3.63) is 96.1 Å². The Balaban J connectivity index is 2.14. The summed E-state index contributed by atoms with van der Waals surface area (Å²) < 4.78 is 0. The van der Waals surface area contributed by atoms with Crippen LogP contribution in [0.15, 0.2) is 84.9 Å². The normalized spacial score (nSPS) is 11.4. The predicted octanol–water partition coefficient (Wildman–Crippen LogP) is 2.40. The number of anilines is 2. The van der Waals surface area contributed by atoms with Gasteiger partial charge in [-0.2, -0.15) is 0 Å². The van der Waals surface area contributed by atoms with Gasteiger partial charge in [-0.05, 0) is 42.3 Å². The lowest BCUT2D eigenvalue weighted by atomic mass is 9.98. The molecule has 3 aromatic rings. The van der Waals surface area contributed by atoms with E-state index in [1.165, 1.54) is 23.1 Å². The molecule has 3 aromatic carbocycles. The first-order valence-corrected chi connectivity index (χ1v) is 12.4. The fraction of sp³-hybridized carbons (Fsp3) is 0.207. The summed E-state index contributed by atoms with van der Waals surface area (Å²) >= 11 is 0. The quantitative estimate of drug-likeness (QED) is 0.233. The van der Waals surface area contributed by atoms with Crippen molar-refractivity contribution in [2.75, 3.05) is 18.0 Å². The number of hydrogen-bond acceptors (Lipinski definition) is 6. The first-order chi connectivity index (χ1) is 18.6. The van der Waals surface area contributed by atoms with Gasteiger partial charge < -0.3 is 16.8 Å². The van der Waals surface area contributed by atoms with Crippen molar-refractivity contribution in [3.63, 3.8) is 0 Å². The molecule has 0 saturated heterocycles. The van der Waals surface area contributed by atoms with Crippen LogP contribution in [0.2, 0.25) is 0 Å². The van der Waals surface area contributed by atoms with E-state index in [0.29, 0.717) is 11.4 Å². The summed E-state index contributed by atoms with van der Waals surface area (Å²) in [5.74, 6) is -3.43. The molecule has 0 bridgehead atoms. The zero-order valence-electron chi connectivity index (χ0n) is 21.8. The van der Waals surface area contributed by atoms with E-state index < -0.39 is 42.1 Å². The number of para-hydroxylation sites is 2. The van der Waals surface area contributed by atoms with Gasteiger partial charge in [0.1, 0.15) is 11.9 Å². The molecule has 0 aliphatic heterocycles. The zero-order valence-corrected chi connectivity index (χ0v) is 21.8. The van der Waals surface area contributed by atoms with Crippen LogP contribution in [0.5, 0.6) is 0 Å². The van der Waals surface area contributed by atoms with E-state index >= 15 is 0 Å². The van der Waals surface area contributed by atoms with Crippen LogP contribution in [0.3, 0.4) is 0 Å². The minimum Gasteiger partial charge on any atom is -0.384 e. The average molecular weight is 529 g/mol. The lowest BCUT2D eigenvalue weighted by molar-refractivity contribution is -0.137. The number of nitrogen functional groups attached to an aromatic ring is 1. The topological polar surface area (TPSA) is 163 Å². The molecule has 0 unspecified atom stereocenters. The minimum absolute atomic E-state index is 0.0608. The molecule has 202 valence electrons. The van der Waals surface area contributed by atoms with Crippen LogP contribution in [0.1, 0.15) is 29.8 Å². The Hall–Kier alpha value is -4.83. The fourth-order valence-electron chi connectivity index (χ4n) is 4.07. The Labute approximate surface area is 227 Å². The lowest BCUT2D eigenvalue weighted by Gasteiger charge is -2.36. The van der Waals surface area contributed by atoms with Gasteiger partial charge in [-0.3, -0.25) is 34.4 Å². The van der Waals surface area contributed by atoms with E-state index in [0.717, 1.165) is 4.90 Å². The third-order valence-corrected chi connectivity index (χ3v) is 5.94. The van der Waals surface area contributed by atoms with Crippen molar-refractivity contribution in [1.82, 2.24) is 10.2 Å². The monoisotopic (exact) mass is 528 g/mol. The molecule has 6 N–H and O–H groups in total. The highest BCUT2D eigenvalue weighted by molar-refractivity contribution is 6.13. The molecular weight excluding hydrogens is 496 g/mol. The van der Waals surface area contributed by atoms with Gasteiger partial charge in [0.2, 0.25) is 11.8 Å². The van der Waals surface area contributed by atoms with E-state index in [1.807, 2.05) is 12.1 Å². The van der Waals surface area contributed by atoms with E-state index in [2.05, 4.69) is 5.32 Å². The Kier molecular flexibility index (Phi) is 9.66. The van der Waals surface area contributed by atoms with Crippen LogP contribution in [0, 0.1) is 11.3 Å². The second-order valence-electron chi connectivity index (χ2n) is 9.08. The van der Waals surface area contributed by atoms with Crippen LogP contribution < -0.4 is 21.7 Å². The summed E-state index contributed by atoms with van der Waals surface area (Å²) in [4.78, 5) is 56.0. The molecule has 0 radical (unpaired) electrons. The molecule has 0 spiro atoms. The molecule has 39 heavy (non-hydrogen) atoms. The highest BCUT2D eigenvalue weighted by Crippen LogP contribution is 2.29. The number of nitrogens with one attached hydrogen (secondary N) is 2. The molecule has 0 saturated carbocycles. The Morgan fingerprint density at radius 2 is 1.38 bits per heavy atom. The number of rotatable bonds is 10. The van der Waals surface area contributed by atoms with Crippen LogP contribution in [-0.4, -0.2) is 53.5 Å². The molecule has 0 fully saturated rings. The summed E-state index contributed by atoms with van der Waals surface area (Å²) in [7, 11) is 0. The second-order valence-corrected chi connectivity index (χ2v) is 9.08. The third-order valence-electron chi connectivity index (χ3n) is 5.94. The van der Waals surface area contributed by atoms with Gasteiger partial charge in [0.25, 0.3) is 11.8 Å². The number of imide groups is 1. The van der Waals surface area contributed by atoms with E-state index in [1.54, 1.807) is 68.4 Å². The maximum Gasteiger partial charge on any atom is 0.261 e. The third kappa shape index (κ3) is 6.93.